The molecule has 0 amide bonds. The third-order valence-electron chi connectivity index (χ3n) is 3.66. The topological polar surface area (TPSA) is 170 Å². The molecule has 10 nitrogen and oxygen atoms in total. The van der Waals surface area contributed by atoms with E-state index in [0.717, 1.165) is 0 Å². The fraction of sp³-hybridized carbons (Fsp3) is 1.00. The minimum absolute atomic E-state index is 0.108. The Morgan fingerprint density at radius 1 is 0.923 bits per heavy atom. The molecule has 1 rings (SSSR count). The zero-order valence-electron chi connectivity index (χ0n) is 16.8. The minimum atomic E-state index is -1.21. The molecular weight excluding hydrogens is 348 g/mol. The van der Waals surface area contributed by atoms with Gasteiger partial charge in [0.1, 0.15) is 0 Å². The molecule has 1 aliphatic heterocycles. The lowest BCUT2D eigenvalue weighted by Crippen LogP contribution is -2.59. The largest absolute Gasteiger partial charge is 0.394 e. The molecule has 0 bridgehead atoms. The van der Waals surface area contributed by atoms with E-state index in [0.29, 0.717) is 13.2 Å². The van der Waals surface area contributed by atoms with Crippen LogP contribution in [0.2, 0.25) is 0 Å². The number of nitrogens with two attached hydrogens (primary N) is 2. The van der Waals surface area contributed by atoms with Gasteiger partial charge >= 0.3 is 0 Å². The molecule has 0 unspecified atom stereocenters. The van der Waals surface area contributed by atoms with Crippen molar-refractivity contribution >= 4 is 0 Å². The molecule has 0 atom stereocenters. The Morgan fingerprint density at radius 3 is 1.42 bits per heavy atom. The first-order valence-electron chi connectivity index (χ1n) is 8.17. The normalized spacial score (nSPS) is 18.9. The first kappa shape index (κ1) is 27.8. The van der Waals surface area contributed by atoms with Gasteiger partial charge in [0.05, 0.1) is 50.7 Å². The highest BCUT2D eigenvalue weighted by atomic mass is 16.7. The average molecular weight is 386 g/mol. The number of aliphatic hydroxyl groups excluding tert-OH is 4. The van der Waals surface area contributed by atoms with Crippen LogP contribution in [-0.4, -0.2) is 96.9 Å². The van der Waals surface area contributed by atoms with Crippen LogP contribution < -0.4 is 11.5 Å². The van der Waals surface area contributed by atoms with E-state index in [1.54, 1.807) is 14.2 Å². The highest BCUT2D eigenvalue weighted by Gasteiger charge is 2.36. The maximum Gasteiger partial charge on any atom is 0.162 e. The van der Waals surface area contributed by atoms with E-state index < -0.39 is 42.5 Å². The molecule has 0 spiro atoms. The summed E-state index contributed by atoms with van der Waals surface area (Å²) in [7, 11) is 3.23. The predicted molar refractivity (Wildman–Crippen MR) is 96.3 cm³/mol. The maximum atomic E-state index is 8.84. The summed E-state index contributed by atoms with van der Waals surface area (Å²) < 4.78 is 20.3. The van der Waals surface area contributed by atoms with Crippen molar-refractivity contribution in [1.82, 2.24) is 0 Å². The highest BCUT2D eigenvalue weighted by molar-refractivity contribution is 4.87. The van der Waals surface area contributed by atoms with Gasteiger partial charge in [-0.25, -0.2) is 0 Å². The minimum Gasteiger partial charge on any atom is -0.394 e. The summed E-state index contributed by atoms with van der Waals surface area (Å²) in [5.41, 5.74) is 8.90. The standard InChI is InChI=1S/C7H15NO3.C5H12O2.C4H11NO3/c1-6(2)10-4-7(8,3-9)5-11-6;1-5(2,6-3)7-4;5-4(1-6,2-7)3-8/h9H,3-5,8H2,1-2H3;1-4H3;6-8H,1-3,5H2. The lowest BCUT2D eigenvalue weighted by atomic mass is 10.0. The van der Waals surface area contributed by atoms with Crippen molar-refractivity contribution in [2.24, 2.45) is 11.5 Å². The van der Waals surface area contributed by atoms with Gasteiger partial charge in [0.25, 0.3) is 0 Å². The number of hydrogen-bond acceptors (Lipinski definition) is 10. The van der Waals surface area contributed by atoms with Gasteiger partial charge in [-0.2, -0.15) is 0 Å². The third kappa shape index (κ3) is 12.1. The molecule has 160 valence electrons. The quantitative estimate of drug-likeness (QED) is 0.284. The number of aliphatic hydroxyl groups is 4. The van der Waals surface area contributed by atoms with Gasteiger partial charge < -0.3 is 50.8 Å². The second-order valence-corrected chi connectivity index (χ2v) is 7.14. The molecule has 1 heterocycles. The van der Waals surface area contributed by atoms with E-state index in [4.69, 9.17) is 50.8 Å². The molecule has 0 radical (unpaired) electrons. The molecule has 10 heteroatoms. The van der Waals surface area contributed by atoms with E-state index in [9.17, 15) is 0 Å². The monoisotopic (exact) mass is 386 g/mol. The van der Waals surface area contributed by atoms with Gasteiger partial charge in [-0.1, -0.05) is 0 Å². The van der Waals surface area contributed by atoms with Crippen molar-refractivity contribution < 1.29 is 39.4 Å². The average Bonchev–Trinajstić information content (AvgIpc) is 2.65. The van der Waals surface area contributed by atoms with Crippen LogP contribution in [0.25, 0.3) is 0 Å². The van der Waals surface area contributed by atoms with Crippen LogP contribution in [0.5, 0.6) is 0 Å². The van der Waals surface area contributed by atoms with Crippen molar-refractivity contribution in [3.63, 3.8) is 0 Å². The molecule has 8 N–H and O–H groups in total. The molecule has 0 aromatic heterocycles. The summed E-state index contributed by atoms with van der Waals surface area (Å²) in [6.07, 6.45) is 0. The highest BCUT2D eigenvalue weighted by Crippen LogP contribution is 2.21. The smallest absolute Gasteiger partial charge is 0.162 e. The van der Waals surface area contributed by atoms with Crippen molar-refractivity contribution in [1.29, 1.82) is 0 Å². The Bertz CT molecular complexity index is 338. The van der Waals surface area contributed by atoms with Crippen LogP contribution in [0.15, 0.2) is 0 Å². The summed E-state index contributed by atoms with van der Waals surface area (Å²) in [5, 5.41) is 33.9. The van der Waals surface area contributed by atoms with Crippen molar-refractivity contribution in [3.05, 3.63) is 0 Å². The van der Waals surface area contributed by atoms with Crippen LogP contribution >= 0.6 is 0 Å². The zero-order chi connectivity index (χ0) is 21.1. The zero-order valence-corrected chi connectivity index (χ0v) is 16.8. The van der Waals surface area contributed by atoms with E-state index in [1.165, 1.54) is 0 Å². The lowest BCUT2D eigenvalue weighted by molar-refractivity contribution is -0.270. The first-order chi connectivity index (χ1) is 11.8. The fourth-order valence-electron chi connectivity index (χ4n) is 1.04. The maximum absolute atomic E-state index is 8.84. The molecule has 1 aliphatic rings. The van der Waals surface area contributed by atoms with Gasteiger partial charge in [-0.3, -0.25) is 0 Å². The van der Waals surface area contributed by atoms with Gasteiger partial charge in [-0.15, -0.1) is 0 Å². The van der Waals surface area contributed by atoms with Gasteiger partial charge in [0, 0.05) is 14.2 Å². The van der Waals surface area contributed by atoms with Crippen LogP contribution in [0.4, 0.5) is 0 Å². The van der Waals surface area contributed by atoms with Crippen molar-refractivity contribution in [2.75, 3.05) is 53.9 Å². The van der Waals surface area contributed by atoms with Crippen molar-refractivity contribution in [2.45, 2.75) is 50.3 Å². The summed E-state index contributed by atoms with van der Waals surface area (Å²) in [5.74, 6) is -0.974. The Morgan fingerprint density at radius 2 is 1.27 bits per heavy atom. The summed E-state index contributed by atoms with van der Waals surface area (Å²) in [6, 6.07) is 0. The fourth-order valence-corrected chi connectivity index (χ4v) is 1.04. The second-order valence-electron chi connectivity index (χ2n) is 7.14. The number of methoxy groups -OCH3 is 2. The predicted octanol–water partition coefficient (Wildman–Crippen LogP) is -1.86. The van der Waals surface area contributed by atoms with E-state index in [2.05, 4.69) is 0 Å². The van der Waals surface area contributed by atoms with Crippen LogP contribution in [0.1, 0.15) is 27.7 Å². The lowest BCUT2D eigenvalue weighted by Gasteiger charge is -2.40. The Kier molecular flexibility index (Phi) is 13.0. The molecule has 1 saturated heterocycles. The molecule has 0 aliphatic carbocycles. The summed E-state index contributed by atoms with van der Waals surface area (Å²) in [4.78, 5) is 0. The SMILES string of the molecule is CC1(C)OCC(N)(CO)CO1.COC(C)(C)OC.NC(CO)(CO)CO. The molecule has 0 saturated carbocycles. The Hall–Kier alpha value is -0.400. The Labute approximate surface area is 156 Å². The molecule has 1 fully saturated rings. The molecule has 26 heavy (non-hydrogen) atoms. The number of hydrogen-bond donors (Lipinski definition) is 6. The van der Waals surface area contributed by atoms with Crippen LogP contribution in [0, 0.1) is 0 Å². The van der Waals surface area contributed by atoms with Crippen LogP contribution in [-0.2, 0) is 18.9 Å². The van der Waals surface area contributed by atoms with E-state index in [-0.39, 0.29) is 6.61 Å². The number of rotatable bonds is 6. The second kappa shape index (κ2) is 12.1. The summed E-state index contributed by atoms with van der Waals surface area (Å²) in [6.45, 7) is 6.73. The molecule has 0 aromatic rings. The van der Waals surface area contributed by atoms with Crippen molar-refractivity contribution in [3.8, 4) is 0 Å². The van der Waals surface area contributed by atoms with Crippen LogP contribution in [0.3, 0.4) is 0 Å². The molecule has 0 aromatic carbocycles. The number of ether oxygens (including phenoxy) is 4. The van der Waals surface area contributed by atoms with E-state index >= 15 is 0 Å². The van der Waals surface area contributed by atoms with Gasteiger partial charge in [0.2, 0.25) is 0 Å². The summed E-state index contributed by atoms with van der Waals surface area (Å²) >= 11 is 0. The van der Waals surface area contributed by atoms with Gasteiger partial charge in [-0.05, 0) is 27.7 Å². The van der Waals surface area contributed by atoms with E-state index in [1.807, 2.05) is 27.7 Å². The first-order valence-corrected chi connectivity index (χ1v) is 8.17. The molecular formula is C16H38N2O8. The Balaban J connectivity index is 0. The third-order valence-corrected chi connectivity index (χ3v) is 3.66. The van der Waals surface area contributed by atoms with Gasteiger partial charge in [0.15, 0.2) is 11.6 Å².